The zero-order valence-electron chi connectivity index (χ0n) is 12.2. The van der Waals surface area contributed by atoms with Crippen molar-refractivity contribution in [3.05, 3.63) is 28.7 Å². The van der Waals surface area contributed by atoms with Crippen molar-refractivity contribution >= 4 is 17.6 Å². The Morgan fingerprint density at radius 2 is 2.05 bits per heavy atom. The van der Waals surface area contributed by atoms with E-state index in [9.17, 15) is 4.79 Å². The van der Waals surface area contributed by atoms with E-state index in [0.29, 0.717) is 22.6 Å². The van der Waals surface area contributed by atoms with Gasteiger partial charge >= 0.3 is 0 Å². The molecule has 0 fully saturated rings. The maximum Gasteiger partial charge on any atom is 0.260 e. The summed E-state index contributed by atoms with van der Waals surface area (Å²) in [6.45, 7) is 3.57. The molecule has 1 amide bonds. The van der Waals surface area contributed by atoms with E-state index in [1.54, 1.807) is 25.7 Å². The van der Waals surface area contributed by atoms with Gasteiger partial charge in [-0.1, -0.05) is 5.16 Å². The molecule has 0 saturated heterocycles. The number of oxime groups is 1. The molecule has 2 aromatic heterocycles. The number of nitrogens with zero attached hydrogens (tertiary/aromatic N) is 5. The molecule has 2 rings (SSSR count). The van der Waals surface area contributed by atoms with Crippen molar-refractivity contribution < 1.29 is 10.0 Å². The molecule has 9 heteroatoms. The number of carbonyl (C=O) groups excluding carboxylic acids is 1. The van der Waals surface area contributed by atoms with Crippen molar-refractivity contribution in [2.45, 2.75) is 13.8 Å². The van der Waals surface area contributed by atoms with Crippen LogP contribution in [-0.4, -0.2) is 36.5 Å². The lowest BCUT2D eigenvalue weighted by Gasteiger charge is -2.08. The molecule has 0 radical (unpaired) electrons. The summed E-state index contributed by atoms with van der Waals surface area (Å²) in [4.78, 5) is 12.4. The summed E-state index contributed by atoms with van der Waals surface area (Å²) in [5.41, 5.74) is 7.77. The Kier molecular flexibility index (Phi) is 3.66. The van der Waals surface area contributed by atoms with Gasteiger partial charge < -0.3 is 16.3 Å². The fourth-order valence-corrected chi connectivity index (χ4v) is 2.10. The molecule has 9 nitrogen and oxygen atoms in total. The highest BCUT2D eigenvalue weighted by Gasteiger charge is 2.21. The van der Waals surface area contributed by atoms with Gasteiger partial charge in [0.05, 0.1) is 23.0 Å². The molecule has 112 valence electrons. The van der Waals surface area contributed by atoms with Crippen LogP contribution in [0.15, 0.2) is 11.4 Å². The highest BCUT2D eigenvalue weighted by Crippen LogP contribution is 2.18. The monoisotopic (exact) mass is 291 g/mol. The van der Waals surface area contributed by atoms with Gasteiger partial charge in [0, 0.05) is 19.8 Å². The number of nitrogens with two attached hydrogens (primary N) is 1. The van der Waals surface area contributed by atoms with Crippen LogP contribution in [0, 0.1) is 13.8 Å². The number of hydrogen-bond donors (Lipinski definition) is 3. The number of rotatable bonds is 3. The normalized spacial score (nSPS) is 11.7. The molecule has 0 bridgehead atoms. The lowest BCUT2D eigenvalue weighted by Crippen LogP contribution is -2.20. The first-order chi connectivity index (χ1) is 9.86. The predicted octanol–water partition coefficient (Wildman–Crippen LogP) is 0.117. The number of aryl methyl sites for hydroxylation is 3. The summed E-state index contributed by atoms with van der Waals surface area (Å²) in [6.07, 6.45) is 1.41. The zero-order chi connectivity index (χ0) is 15.7. The van der Waals surface area contributed by atoms with E-state index in [4.69, 9.17) is 10.9 Å². The second-order valence-corrected chi connectivity index (χ2v) is 4.64. The number of aromatic nitrogens is 4. The van der Waals surface area contributed by atoms with E-state index in [-0.39, 0.29) is 11.7 Å². The van der Waals surface area contributed by atoms with E-state index < -0.39 is 0 Å². The third-order valence-corrected chi connectivity index (χ3v) is 3.29. The van der Waals surface area contributed by atoms with Crippen LogP contribution in [-0.2, 0) is 14.1 Å². The van der Waals surface area contributed by atoms with Gasteiger partial charge in [0.1, 0.15) is 5.82 Å². The van der Waals surface area contributed by atoms with Gasteiger partial charge in [-0.25, -0.2) is 0 Å². The van der Waals surface area contributed by atoms with E-state index in [1.807, 2.05) is 6.92 Å². The molecule has 0 atom stereocenters. The summed E-state index contributed by atoms with van der Waals surface area (Å²) in [5.74, 6) is -0.107. The minimum Gasteiger partial charge on any atom is -0.409 e. The lowest BCUT2D eigenvalue weighted by molar-refractivity contribution is 0.102. The molecule has 4 N–H and O–H groups in total. The van der Waals surface area contributed by atoms with Gasteiger partial charge in [-0.2, -0.15) is 10.2 Å². The Morgan fingerprint density at radius 1 is 1.38 bits per heavy atom. The summed E-state index contributed by atoms with van der Waals surface area (Å²) in [6, 6.07) is 0. The smallest absolute Gasteiger partial charge is 0.260 e. The number of carbonyl (C=O) groups is 1. The predicted molar refractivity (Wildman–Crippen MR) is 76.4 cm³/mol. The zero-order valence-corrected chi connectivity index (χ0v) is 12.2. The SMILES string of the molecule is Cc1nn(C)c(C)c1C(=O)Nc1c(C(N)=NO)cnn1C. The average Bonchev–Trinajstić information content (AvgIpc) is 2.90. The van der Waals surface area contributed by atoms with Crippen molar-refractivity contribution in [1.29, 1.82) is 0 Å². The number of nitrogens with one attached hydrogen (secondary N) is 1. The first-order valence-electron chi connectivity index (χ1n) is 6.18. The first-order valence-corrected chi connectivity index (χ1v) is 6.18. The van der Waals surface area contributed by atoms with E-state index in [2.05, 4.69) is 20.7 Å². The molecule has 2 heterocycles. The molecule has 0 aromatic carbocycles. The lowest BCUT2D eigenvalue weighted by atomic mass is 10.2. The van der Waals surface area contributed by atoms with Crippen LogP contribution in [0.2, 0.25) is 0 Å². The van der Waals surface area contributed by atoms with Gasteiger partial charge in [-0.3, -0.25) is 14.2 Å². The van der Waals surface area contributed by atoms with E-state index in [0.717, 1.165) is 5.69 Å². The fourth-order valence-electron chi connectivity index (χ4n) is 2.10. The summed E-state index contributed by atoms with van der Waals surface area (Å²) in [7, 11) is 3.41. The maximum absolute atomic E-state index is 12.4. The Labute approximate surface area is 121 Å². The second kappa shape index (κ2) is 5.27. The van der Waals surface area contributed by atoms with Crippen LogP contribution in [0.25, 0.3) is 0 Å². The standard InChI is InChI=1S/C12H17N7O2/c1-6-9(7(2)18(3)16-6)12(20)15-11-8(10(13)17-21)5-14-19(11)4/h5,21H,1-4H3,(H2,13,17)(H,15,20). The Morgan fingerprint density at radius 3 is 2.57 bits per heavy atom. The Balaban J connectivity index is 2.39. The number of amidine groups is 1. The van der Waals surface area contributed by atoms with Gasteiger partial charge in [0.25, 0.3) is 5.91 Å². The average molecular weight is 291 g/mol. The maximum atomic E-state index is 12.4. The minimum absolute atomic E-state index is 0.127. The van der Waals surface area contributed by atoms with E-state index >= 15 is 0 Å². The number of hydrogen-bond acceptors (Lipinski definition) is 5. The number of anilines is 1. The van der Waals surface area contributed by atoms with Crippen LogP contribution in [0.5, 0.6) is 0 Å². The summed E-state index contributed by atoms with van der Waals surface area (Å²) >= 11 is 0. The largest absolute Gasteiger partial charge is 0.409 e. The van der Waals surface area contributed by atoms with Crippen molar-refractivity contribution in [1.82, 2.24) is 19.6 Å². The van der Waals surface area contributed by atoms with Gasteiger partial charge in [-0.15, -0.1) is 0 Å². The Hall–Kier alpha value is -2.84. The van der Waals surface area contributed by atoms with Crippen molar-refractivity contribution in [2.24, 2.45) is 25.0 Å². The van der Waals surface area contributed by atoms with E-state index in [1.165, 1.54) is 10.9 Å². The molecular weight excluding hydrogens is 274 g/mol. The molecule has 0 aliphatic carbocycles. The quantitative estimate of drug-likeness (QED) is 0.321. The molecule has 0 aliphatic heterocycles. The second-order valence-electron chi connectivity index (χ2n) is 4.64. The topological polar surface area (TPSA) is 123 Å². The van der Waals surface area contributed by atoms with Gasteiger partial charge in [0.2, 0.25) is 0 Å². The Bertz CT molecular complexity index is 726. The molecule has 2 aromatic rings. The van der Waals surface area contributed by atoms with Crippen LogP contribution in [0.4, 0.5) is 5.82 Å². The third-order valence-electron chi connectivity index (χ3n) is 3.29. The van der Waals surface area contributed by atoms with Crippen LogP contribution < -0.4 is 11.1 Å². The first kappa shape index (κ1) is 14.6. The molecule has 0 aliphatic rings. The van der Waals surface area contributed by atoms with Crippen molar-refractivity contribution in [3.63, 3.8) is 0 Å². The molecule has 0 spiro atoms. The highest BCUT2D eigenvalue weighted by molar-refractivity contribution is 6.09. The fraction of sp³-hybridized carbons (Fsp3) is 0.333. The van der Waals surface area contributed by atoms with Crippen LogP contribution in [0.1, 0.15) is 27.3 Å². The van der Waals surface area contributed by atoms with Gasteiger partial charge in [-0.05, 0) is 13.8 Å². The molecule has 21 heavy (non-hydrogen) atoms. The third kappa shape index (κ3) is 2.45. The highest BCUT2D eigenvalue weighted by atomic mass is 16.4. The van der Waals surface area contributed by atoms with Gasteiger partial charge in [0.15, 0.2) is 5.84 Å². The minimum atomic E-state index is -0.325. The summed E-state index contributed by atoms with van der Waals surface area (Å²) < 4.78 is 3.07. The summed E-state index contributed by atoms with van der Waals surface area (Å²) in [5, 5.41) is 22.6. The van der Waals surface area contributed by atoms with Crippen molar-refractivity contribution in [3.8, 4) is 0 Å². The van der Waals surface area contributed by atoms with Crippen LogP contribution >= 0.6 is 0 Å². The molecule has 0 saturated carbocycles. The van der Waals surface area contributed by atoms with Crippen molar-refractivity contribution in [2.75, 3.05) is 5.32 Å². The number of amides is 1. The van der Waals surface area contributed by atoms with Crippen LogP contribution in [0.3, 0.4) is 0 Å². The molecular formula is C12H17N7O2. The molecule has 0 unspecified atom stereocenters.